The molecule has 12 atom stereocenters. The van der Waals surface area contributed by atoms with Crippen LogP contribution in [-0.2, 0) is 94.2 Å². The molecule has 4 amide bonds. The van der Waals surface area contributed by atoms with Crippen molar-refractivity contribution in [3.63, 3.8) is 0 Å². The molecule has 0 aromatic carbocycles. The average Bonchev–Trinajstić information content (AvgIpc) is 1.56. The van der Waals surface area contributed by atoms with E-state index in [4.69, 9.17) is 31.9 Å². The number of carboxylic acid groups (broad SMARTS) is 2. The number of allylic oxidation sites excluding steroid dienone is 3. The number of Topliss-reactive ketones (excluding diaryl/α,β-unsaturated/α-hetero) is 4. The Morgan fingerprint density at radius 1 is 0.456 bits per heavy atom. The number of thioether (sulfide) groups is 4. The molecule has 0 heterocycles. The van der Waals surface area contributed by atoms with Gasteiger partial charge >= 0.3 is 24.0 Å². The second kappa shape index (κ2) is 47.2. The topological polar surface area (TPSA) is 395 Å². The standard InChI is InChI=1S/C17H31NO5SSi.2C16H29NO5SSi.C14H23NO5S.C11H20O2Si.C5H6O/c1-11(19)18-13(16(21)22-5)10-24-15-9-12(20)8-14(15)23-25(6,7)17(2,3)4;2*1-10(18)17-12(15(20)21)9-23-14-8-11(19)7-13(14)22-24(5,6)16(2,3)4;1-14(2,3)20-13(18)15-11(12(17)19-4)8-21-10-6-5-9(16)7-10;1-11(2,3)14(4,5)13-10-7-6-9(12)8-10;6-5-3-1-2-4-5/h13-15H,8-10H2,1-7H3,(H,18,19);2*12-14H,7-9H2,1-6H3,(H,17,18)(H,20,21);10-11H,5-8H2,1-4H3,(H,15,18);6-7,10H,8H2,1-5H3;1,3H,2,4H2/p-1/t13-,14+,15-;2*12-,13-,14-;10-,11+;10-;/m00011./s1. The lowest BCUT2D eigenvalue weighted by Gasteiger charge is -2.39. The Morgan fingerprint density at radius 3 is 1.10 bits per heavy atom. The summed E-state index contributed by atoms with van der Waals surface area (Å²) < 4.78 is 39.8. The summed E-state index contributed by atoms with van der Waals surface area (Å²) in [6.45, 7) is 52.5. The van der Waals surface area contributed by atoms with E-state index in [-0.39, 0.29) is 124 Å². The average molecular weight is 1750 g/mol. The Labute approximate surface area is 699 Å². The van der Waals surface area contributed by atoms with Crippen molar-refractivity contribution in [2.45, 2.75) is 349 Å². The Hall–Kier alpha value is -4.83. The van der Waals surface area contributed by atoms with E-state index in [2.05, 4.69) is 157 Å². The molecular weight excluding hydrogens is 1610 g/mol. The summed E-state index contributed by atoms with van der Waals surface area (Å²) in [4.78, 5) is 159. The van der Waals surface area contributed by atoms with Crippen molar-refractivity contribution in [1.82, 2.24) is 21.3 Å². The van der Waals surface area contributed by atoms with E-state index in [1.165, 1.54) is 82.0 Å². The van der Waals surface area contributed by atoms with Gasteiger partial charge in [-0.1, -0.05) is 95.2 Å². The molecule has 0 saturated heterocycles. The molecule has 5 N–H and O–H groups in total. The van der Waals surface area contributed by atoms with E-state index in [9.17, 15) is 77.3 Å². The first kappa shape index (κ1) is 107. The summed E-state index contributed by atoms with van der Waals surface area (Å²) in [7, 11) is -5.12. The number of alkyl carbamates (subject to hydrolysis) is 1. The zero-order valence-electron chi connectivity index (χ0n) is 73.1. The maximum absolute atomic E-state index is 12.0. The van der Waals surface area contributed by atoms with Crippen LogP contribution in [0.1, 0.15) is 202 Å². The number of nitrogens with one attached hydrogen (secondary N) is 4. The number of carboxylic acids is 2. The summed E-state index contributed by atoms with van der Waals surface area (Å²) in [5.74, 6) is -2.13. The fourth-order valence-corrected chi connectivity index (χ4v) is 21.5. The van der Waals surface area contributed by atoms with Crippen LogP contribution in [0.4, 0.5) is 4.79 Å². The molecule has 6 aliphatic carbocycles. The number of ketones is 6. The van der Waals surface area contributed by atoms with Crippen LogP contribution in [-0.4, -0.2) is 233 Å². The van der Waals surface area contributed by atoms with Gasteiger partial charge in [0.2, 0.25) is 17.7 Å². The van der Waals surface area contributed by atoms with Gasteiger partial charge in [0.05, 0.1) is 50.6 Å². The first-order valence-electron chi connectivity index (χ1n) is 38.9. The zero-order valence-corrected chi connectivity index (χ0v) is 80.4. The third-order valence-corrected chi connectivity index (χ3v) is 44.8. The minimum Gasteiger partial charge on any atom is -0.548 e. The van der Waals surface area contributed by atoms with Crippen LogP contribution in [0.15, 0.2) is 24.3 Å². The number of ether oxygens (including phenoxy) is 3. The highest BCUT2D eigenvalue weighted by Gasteiger charge is 2.48. The van der Waals surface area contributed by atoms with Crippen LogP contribution in [0.3, 0.4) is 0 Å². The molecule has 0 radical (unpaired) electrons. The van der Waals surface area contributed by atoms with Crippen LogP contribution >= 0.6 is 47.0 Å². The quantitative estimate of drug-likeness (QED) is 0.0276. The van der Waals surface area contributed by atoms with Gasteiger partial charge in [-0.3, -0.25) is 43.2 Å². The number of hydrogen-bond acceptors (Lipinski definition) is 26. The highest BCUT2D eigenvalue weighted by Crippen LogP contribution is 2.45. The van der Waals surface area contributed by atoms with Crippen LogP contribution in [0.2, 0.25) is 72.5 Å². The van der Waals surface area contributed by atoms with Crippen molar-refractivity contribution in [2.24, 2.45) is 0 Å². The second-order valence-electron chi connectivity index (χ2n) is 36.5. The van der Waals surface area contributed by atoms with E-state index in [0.29, 0.717) is 69.3 Å². The predicted octanol–water partition coefficient (Wildman–Crippen LogP) is 11.8. The van der Waals surface area contributed by atoms with Gasteiger partial charge in [-0.25, -0.2) is 19.2 Å². The third-order valence-electron chi connectivity index (χ3n) is 21.1. The maximum atomic E-state index is 12.0. The Bertz CT molecular complexity index is 3270. The Balaban J connectivity index is 0.000000704. The number of carbonyl (C=O) groups excluding carboxylic acids is 13. The van der Waals surface area contributed by atoms with Gasteiger partial charge in [-0.15, -0.1) is 0 Å². The van der Waals surface area contributed by atoms with Crippen molar-refractivity contribution in [2.75, 3.05) is 37.2 Å². The molecule has 652 valence electrons. The molecular formula is C79H137N4O23S4Si4-. The highest BCUT2D eigenvalue weighted by molar-refractivity contribution is 8.00. The molecule has 4 fully saturated rings. The summed E-state index contributed by atoms with van der Waals surface area (Å²) in [6.07, 6.45) is 12.5. The monoisotopic (exact) mass is 1750 g/mol. The molecule has 0 aromatic heterocycles. The second-order valence-corrected chi connectivity index (χ2v) is 60.6. The van der Waals surface area contributed by atoms with Gasteiger partial charge in [0.1, 0.15) is 46.9 Å². The van der Waals surface area contributed by atoms with Crippen molar-refractivity contribution in [1.29, 1.82) is 0 Å². The molecule has 0 unspecified atom stereocenters. The number of carbonyl (C=O) groups is 14. The van der Waals surface area contributed by atoms with Gasteiger partial charge in [0, 0.05) is 129 Å². The summed E-state index contributed by atoms with van der Waals surface area (Å²) in [5.41, 5.74) is -0.629. The summed E-state index contributed by atoms with van der Waals surface area (Å²) in [6, 6.07) is -3.49. The van der Waals surface area contributed by atoms with Gasteiger partial charge in [0.15, 0.2) is 44.8 Å². The number of esters is 2. The molecule has 6 rings (SSSR count). The molecule has 4 saturated carbocycles. The number of methoxy groups -OCH3 is 2. The van der Waals surface area contributed by atoms with E-state index >= 15 is 0 Å². The van der Waals surface area contributed by atoms with Gasteiger partial charge < -0.3 is 68.2 Å². The molecule has 0 spiro atoms. The number of amides is 4. The molecule has 114 heavy (non-hydrogen) atoms. The predicted molar refractivity (Wildman–Crippen MR) is 460 cm³/mol. The Morgan fingerprint density at radius 2 is 0.807 bits per heavy atom. The van der Waals surface area contributed by atoms with Crippen LogP contribution in [0, 0.1) is 0 Å². The van der Waals surface area contributed by atoms with Crippen molar-refractivity contribution < 1.29 is 109 Å². The minimum absolute atomic E-state index is 0.00235. The van der Waals surface area contributed by atoms with Crippen LogP contribution < -0.4 is 26.4 Å². The smallest absolute Gasteiger partial charge is 0.408 e. The molecule has 35 heteroatoms. The molecule has 0 aromatic rings. The van der Waals surface area contributed by atoms with Gasteiger partial charge in [0.25, 0.3) is 0 Å². The lowest BCUT2D eigenvalue weighted by Crippen LogP contribution is -2.49. The van der Waals surface area contributed by atoms with Crippen molar-refractivity contribution >= 4 is 163 Å². The van der Waals surface area contributed by atoms with Crippen LogP contribution in [0.5, 0.6) is 0 Å². The third kappa shape index (κ3) is 40.3. The lowest BCUT2D eigenvalue weighted by atomic mass is 10.2. The zero-order chi connectivity index (χ0) is 88.3. The summed E-state index contributed by atoms with van der Waals surface area (Å²) >= 11 is 5.78. The SMILES string of the molecule is CC(=O)N[C@@H](CS[C@H]1CC(=O)C[C@@H]1O[Si](C)(C)C(C)(C)C)C(=O)O.CC(=O)N[C@@H](CS[C@H]1CC(=O)C[C@@H]1O[Si](C)(C)C(C)(C)C)C(=O)[O-].CC(C)(C)[Si](C)(C)O[C@@H]1C=CC(=O)C1.COC(=O)[C@H](CS[C@@H]1CCC(=O)C1)NC(=O)OC(C)(C)C.COC(=O)[C@H](CS[C@H]1CC(=O)C[C@H]1O[Si](C)(C)C(C)(C)C)NC(C)=O.O=C1C=CCC1. The van der Waals surface area contributed by atoms with E-state index < -0.39 is 98.9 Å². The fraction of sp³-hybridized carbons (Fsp3) is 0.772. The molecule has 0 bridgehead atoms. The number of aliphatic carboxylic acids is 2. The molecule has 0 aliphatic heterocycles. The highest BCUT2D eigenvalue weighted by atomic mass is 32.2. The van der Waals surface area contributed by atoms with E-state index in [1.54, 1.807) is 32.9 Å². The van der Waals surface area contributed by atoms with Crippen molar-refractivity contribution in [3.8, 4) is 0 Å². The number of hydrogen-bond donors (Lipinski definition) is 5. The first-order chi connectivity index (χ1) is 51.9. The van der Waals surface area contributed by atoms with Gasteiger partial charge in [-0.05, 0) is 118 Å². The lowest BCUT2D eigenvalue weighted by molar-refractivity contribution is -0.307. The number of rotatable bonds is 28. The van der Waals surface area contributed by atoms with Crippen molar-refractivity contribution in [3.05, 3.63) is 24.3 Å². The fourth-order valence-electron chi connectivity index (χ4n) is 10.6. The largest absolute Gasteiger partial charge is 0.548 e. The minimum atomic E-state index is -2.01. The molecule has 27 nitrogen and oxygen atoms in total. The Kier molecular flexibility index (Phi) is 44.4. The molecule has 6 aliphatic rings. The van der Waals surface area contributed by atoms with Gasteiger partial charge in [-0.2, -0.15) is 47.0 Å². The normalized spacial score (nSPS) is 22.3. The van der Waals surface area contributed by atoms with E-state index in [1.807, 2.05) is 12.2 Å². The maximum Gasteiger partial charge on any atom is 0.408 e. The first-order valence-corrected chi connectivity index (χ1v) is 54.7. The van der Waals surface area contributed by atoms with E-state index in [0.717, 1.165) is 19.3 Å². The summed E-state index contributed by atoms with van der Waals surface area (Å²) in [5, 5.41) is 30.7. The van der Waals surface area contributed by atoms with Crippen LogP contribution in [0.25, 0.3) is 0 Å².